The Hall–Kier alpha value is -2.44. The van der Waals surface area contributed by atoms with Gasteiger partial charge in [0.2, 0.25) is 5.82 Å². The van der Waals surface area contributed by atoms with Gasteiger partial charge in [0.15, 0.2) is 0 Å². The van der Waals surface area contributed by atoms with E-state index in [1.807, 2.05) is 13.1 Å². The Kier molecular flexibility index (Phi) is 3.22. The second-order valence-corrected chi connectivity index (χ2v) is 3.88. The predicted molar refractivity (Wildman–Crippen MR) is 66.2 cm³/mol. The van der Waals surface area contributed by atoms with E-state index in [-0.39, 0.29) is 11.5 Å². The molecule has 0 aliphatic carbocycles. The number of rotatable bonds is 4. The molecule has 0 radical (unpaired) electrons. The largest absolute Gasteiger partial charge is 0.359 e. The van der Waals surface area contributed by atoms with Gasteiger partial charge in [-0.05, 0) is 19.1 Å². The van der Waals surface area contributed by atoms with Crippen molar-refractivity contribution >= 4 is 11.5 Å². The molecule has 0 aliphatic heterocycles. The van der Waals surface area contributed by atoms with Crippen molar-refractivity contribution in [1.82, 2.24) is 14.8 Å². The molecule has 7 heteroatoms. The number of nitro groups is 1. The van der Waals surface area contributed by atoms with Crippen molar-refractivity contribution in [2.24, 2.45) is 7.05 Å². The van der Waals surface area contributed by atoms with E-state index >= 15 is 0 Å². The van der Waals surface area contributed by atoms with Gasteiger partial charge in [0.05, 0.1) is 17.2 Å². The monoisotopic (exact) mass is 247 g/mol. The Bertz CT molecular complexity index is 579. The lowest BCUT2D eigenvalue weighted by atomic mass is 10.2. The molecule has 2 heterocycles. The molecule has 0 fully saturated rings. The summed E-state index contributed by atoms with van der Waals surface area (Å²) in [5.41, 5.74) is 1.52. The van der Waals surface area contributed by atoms with E-state index in [0.717, 1.165) is 5.69 Å². The molecule has 0 atom stereocenters. The van der Waals surface area contributed by atoms with Crippen LogP contribution in [0.25, 0.3) is 0 Å². The van der Waals surface area contributed by atoms with Crippen molar-refractivity contribution < 1.29 is 4.92 Å². The molecule has 1 N–H and O–H groups in total. The zero-order valence-corrected chi connectivity index (χ0v) is 10.1. The maximum Gasteiger partial charge on any atom is 0.314 e. The van der Waals surface area contributed by atoms with Gasteiger partial charge in [-0.15, -0.1) is 0 Å². The number of aromatic nitrogens is 3. The smallest absolute Gasteiger partial charge is 0.314 e. The van der Waals surface area contributed by atoms with E-state index in [1.54, 1.807) is 30.1 Å². The second kappa shape index (κ2) is 4.82. The highest BCUT2D eigenvalue weighted by atomic mass is 16.6. The van der Waals surface area contributed by atoms with Gasteiger partial charge in [0.25, 0.3) is 0 Å². The summed E-state index contributed by atoms with van der Waals surface area (Å²) in [6.07, 6.45) is 3.23. The SMILES string of the molecule is Cc1ccnc(NCc2ccnn2C)c1[N+](=O)[O-]. The average molecular weight is 247 g/mol. The molecule has 2 aromatic rings. The van der Waals surface area contributed by atoms with Gasteiger partial charge in [0, 0.05) is 25.0 Å². The molecule has 0 aromatic carbocycles. The highest BCUT2D eigenvalue weighted by Crippen LogP contribution is 2.25. The fourth-order valence-corrected chi connectivity index (χ4v) is 1.66. The number of aryl methyl sites for hydroxylation is 2. The Labute approximate surface area is 104 Å². The summed E-state index contributed by atoms with van der Waals surface area (Å²) in [5.74, 6) is 0.279. The van der Waals surface area contributed by atoms with E-state index in [2.05, 4.69) is 15.4 Å². The summed E-state index contributed by atoms with van der Waals surface area (Å²) >= 11 is 0. The molecule has 0 bridgehead atoms. The van der Waals surface area contributed by atoms with Crippen LogP contribution in [0.15, 0.2) is 24.5 Å². The van der Waals surface area contributed by atoms with Crippen LogP contribution >= 0.6 is 0 Å². The van der Waals surface area contributed by atoms with Crippen LogP contribution in [0, 0.1) is 17.0 Å². The molecule has 94 valence electrons. The first-order chi connectivity index (χ1) is 8.59. The van der Waals surface area contributed by atoms with Crippen LogP contribution < -0.4 is 5.32 Å². The second-order valence-electron chi connectivity index (χ2n) is 3.88. The average Bonchev–Trinajstić information content (AvgIpc) is 2.71. The Morgan fingerprint density at radius 1 is 1.44 bits per heavy atom. The minimum atomic E-state index is -0.423. The van der Waals surface area contributed by atoms with Crippen LogP contribution in [0.3, 0.4) is 0 Å². The van der Waals surface area contributed by atoms with Gasteiger partial charge in [-0.25, -0.2) is 4.98 Å². The lowest BCUT2D eigenvalue weighted by Gasteiger charge is -2.07. The quantitative estimate of drug-likeness (QED) is 0.655. The molecule has 0 spiro atoms. The van der Waals surface area contributed by atoms with E-state index in [9.17, 15) is 10.1 Å². The zero-order valence-electron chi connectivity index (χ0n) is 10.1. The standard InChI is InChI=1S/C11H13N5O2/c1-8-3-5-12-11(10(8)16(17)18)13-7-9-4-6-14-15(9)2/h3-6H,7H2,1-2H3,(H,12,13). The summed E-state index contributed by atoms with van der Waals surface area (Å²) < 4.78 is 1.70. The molecular weight excluding hydrogens is 234 g/mol. The highest BCUT2D eigenvalue weighted by molar-refractivity contribution is 5.59. The van der Waals surface area contributed by atoms with Gasteiger partial charge in [-0.3, -0.25) is 14.8 Å². The van der Waals surface area contributed by atoms with Crippen LogP contribution in [-0.4, -0.2) is 19.7 Å². The number of nitrogens with one attached hydrogen (secondary N) is 1. The van der Waals surface area contributed by atoms with E-state index < -0.39 is 4.92 Å². The summed E-state index contributed by atoms with van der Waals surface area (Å²) in [7, 11) is 1.81. The van der Waals surface area contributed by atoms with Crippen molar-refractivity contribution in [3.63, 3.8) is 0 Å². The van der Waals surface area contributed by atoms with Gasteiger partial charge in [-0.1, -0.05) is 0 Å². The third-order valence-corrected chi connectivity index (χ3v) is 2.67. The third-order valence-electron chi connectivity index (χ3n) is 2.67. The zero-order chi connectivity index (χ0) is 13.1. The first kappa shape index (κ1) is 12.0. The van der Waals surface area contributed by atoms with E-state index in [1.165, 1.54) is 0 Å². The minimum Gasteiger partial charge on any atom is -0.359 e. The first-order valence-electron chi connectivity index (χ1n) is 5.40. The summed E-state index contributed by atoms with van der Waals surface area (Å²) in [5, 5.41) is 18.0. The topological polar surface area (TPSA) is 85.9 Å². The molecule has 0 aliphatic rings. The Morgan fingerprint density at radius 3 is 2.83 bits per heavy atom. The van der Waals surface area contributed by atoms with Crippen molar-refractivity contribution in [3.05, 3.63) is 45.9 Å². The van der Waals surface area contributed by atoms with Crippen LogP contribution in [-0.2, 0) is 13.6 Å². The molecule has 0 unspecified atom stereocenters. The third kappa shape index (κ3) is 2.29. The van der Waals surface area contributed by atoms with Crippen LogP contribution in [0.5, 0.6) is 0 Å². The summed E-state index contributed by atoms with van der Waals surface area (Å²) in [6.45, 7) is 2.13. The van der Waals surface area contributed by atoms with Crippen molar-refractivity contribution in [1.29, 1.82) is 0 Å². The maximum absolute atomic E-state index is 11.0. The summed E-state index contributed by atoms with van der Waals surface area (Å²) in [6, 6.07) is 3.46. The first-order valence-corrected chi connectivity index (χ1v) is 5.40. The maximum atomic E-state index is 11.0. The lowest BCUT2D eigenvalue weighted by molar-refractivity contribution is -0.384. The van der Waals surface area contributed by atoms with Crippen LogP contribution in [0.2, 0.25) is 0 Å². The molecule has 0 saturated carbocycles. The van der Waals surface area contributed by atoms with Crippen molar-refractivity contribution in [3.8, 4) is 0 Å². The van der Waals surface area contributed by atoms with Gasteiger partial charge in [0.1, 0.15) is 0 Å². The number of nitrogens with zero attached hydrogens (tertiary/aromatic N) is 4. The fourth-order valence-electron chi connectivity index (χ4n) is 1.66. The van der Waals surface area contributed by atoms with Gasteiger partial charge in [-0.2, -0.15) is 5.10 Å². The molecule has 2 aromatic heterocycles. The van der Waals surface area contributed by atoms with E-state index in [0.29, 0.717) is 12.1 Å². The number of pyridine rings is 1. The summed E-state index contributed by atoms with van der Waals surface area (Å²) in [4.78, 5) is 14.6. The Balaban J connectivity index is 2.22. The molecule has 2 rings (SSSR count). The highest BCUT2D eigenvalue weighted by Gasteiger charge is 2.18. The molecule has 0 saturated heterocycles. The van der Waals surface area contributed by atoms with Gasteiger partial charge < -0.3 is 5.32 Å². The Morgan fingerprint density at radius 2 is 2.22 bits per heavy atom. The number of hydrogen-bond donors (Lipinski definition) is 1. The predicted octanol–water partition coefficient (Wildman–Crippen LogP) is 1.64. The van der Waals surface area contributed by atoms with Crippen LogP contribution in [0.1, 0.15) is 11.3 Å². The lowest BCUT2D eigenvalue weighted by Crippen LogP contribution is -2.08. The minimum absolute atomic E-state index is 0.0136. The van der Waals surface area contributed by atoms with E-state index in [4.69, 9.17) is 0 Å². The van der Waals surface area contributed by atoms with Crippen molar-refractivity contribution in [2.45, 2.75) is 13.5 Å². The fraction of sp³-hybridized carbons (Fsp3) is 0.273. The molecule has 0 amide bonds. The van der Waals surface area contributed by atoms with Gasteiger partial charge >= 0.3 is 5.69 Å². The normalized spacial score (nSPS) is 10.3. The molecule has 18 heavy (non-hydrogen) atoms. The van der Waals surface area contributed by atoms with Crippen molar-refractivity contribution in [2.75, 3.05) is 5.32 Å². The number of hydrogen-bond acceptors (Lipinski definition) is 5. The number of anilines is 1. The van der Waals surface area contributed by atoms with Crippen LogP contribution in [0.4, 0.5) is 11.5 Å². The molecular formula is C11H13N5O2. The molecule has 7 nitrogen and oxygen atoms in total.